The number of carbonyl (C=O) groups excluding carboxylic acids is 1. The highest BCUT2D eigenvalue weighted by molar-refractivity contribution is 7.07. The van der Waals surface area contributed by atoms with Crippen molar-refractivity contribution in [1.82, 2.24) is 9.88 Å². The predicted octanol–water partition coefficient (Wildman–Crippen LogP) is 3.03. The second-order valence-electron chi connectivity index (χ2n) is 5.17. The zero-order valence-electron chi connectivity index (χ0n) is 11.7. The Morgan fingerprint density at radius 1 is 1.52 bits per heavy atom. The Labute approximate surface area is 133 Å². The quantitative estimate of drug-likeness (QED) is 0.868. The summed E-state index contributed by atoms with van der Waals surface area (Å²) in [6.07, 6.45) is 0.825. The summed E-state index contributed by atoms with van der Waals surface area (Å²) in [4.78, 5) is 20.8. The summed E-state index contributed by atoms with van der Waals surface area (Å²) in [6.45, 7) is 1.43. The third-order valence-electron chi connectivity index (χ3n) is 3.72. The molecule has 1 unspecified atom stereocenters. The molecule has 1 amide bonds. The number of thiazole rings is 1. The van der Waals surface area contributed by atoms with Crippen LogP contribution < -0.4 is 4.90 Å². The normalized spacial score (nSPS) is 18.7. The second-order valence-corrected chi connectivity index (χ2v) is 6.32. The fourth-order valence-electron chi connectivity index (χ4n) is 2.66. The van der Waals surface area contributed by atoms with E-state index in [1.165, 1.54) is 0 Å². The molecule has 1 aromatic carbocycles. The minimum absolute atomic E-state index is 0.0920. The third kappa shape index (κ3) is 3.10. The number of hydrogen-bond acceptors (Lipinski definition) is 4. The molecule has 0 saturated carbocycles. The molecule has 4 nitrogen and oxygen atoms in total. The Balaban J connectivity index is 1.71. The second kappa shape index (κ2) is 6.13. The van der Waals surface area contributed by atoms with Crippen LogP contribution in [0, 0.1) is 0 Å². The number of halogens is 1. The van der Waals surface area contributed by atoms with Gasteiger partial charge in [0.1, 0.15) is 0 Å². The number of likely N-dealkylation sites (N-methyl/N-ethyl adjacent to an activating group) is 1. The Hall–Kier alpha value is -1.43. The van der Waals surface area contributed by atoms with Crippen LogP contribution in [0.4, 0.5) is 5.69 Å². The molecular formula is C15H16ClN3OS. The highest BCUT2D eigenvalue weighted by atomic mass is 35.5. The molecule has 0 N–H and O–H groups in total. The zero-order valence-corrected chi connectivity index (χ0v) is 13.3. The van der Waals surface area contributed by atoms with Crippen LogP contribution in [0.15, 0.2) is 35.2 Å². The van der Waals surface area contributed by atoms with Crippen LogP contribution in [0.3, 0.4) is 0 Å². The van der Waals surface area contributed by atoms with Crippen LogP contribution in [0.25, 0.3) is 0 Å². The molecule has 1 aliphatic rings. The lowest BCUT2D eigenvalue weighted by Gasteiger charge is -2.23. The first-order valence-electron chi connectivity index (χ1n) is 6.79. The van der Waals surface area contributed by atoms with Gasteiger partial charge in [-0.1, -0.05) is 17.7 Å². The summed E-state index contributed by atoms with van der Waals surface area (Å²) >= 11 is 7.59. The van der Waals surface area contributed by atoms with Gasteiger partial charge >= 0.3 is 0 Å². The van der Waals surface area contributed by atoms with E-state index < -0.39 is 0 Å². The molecule has 0 aliphatic carbocycles. The molecule has 1 fully saturated rings. The smallest absolute Gasteiger partial charge is 0.244 e. The number of hydrogen-bond donors (Lipinski definition) is 0. The summed E-state index contributed by atoms with van der Waals surface area (Å²) in [7, 11) is 1.98. The summed E-state index contributed by atoms with van der Waals surface area (Å²) < 4.78 is 0. The number of aromatic nitrogens is 1. The van der Waals surface area contributed by atoms with Crippen LogP contribution in [0.5, 0.6) is 0 Å². The van der Waals surface area contributed by atoms with Crippen molar-refractivity contribution >= 4 is 34.5 Å². The van der Waals surface area contributed by atoms with Crippen molar-refractivity contribution in [2.75, 3.05) is 18.5 Å². The van der Waals surface area contributed by atoms with E-state index in [4.69, 9.17) is 11.6 Å². The summed E-state index contributed by atoms with van der Waals surface area (Å²) in [5.74, 6) is 0.134. The third-order valence-corrected chi connectivity index (χ3v) is 4.59. The maximum absolute atomic E-state index is 12.6. The molecule has 1 atom stereocenters. The highest BCUT2D eigenvalue weighted by Crippen LogP contribution is 2.26. The van der Waals surface area contributed by atoms with Gasteiger partial charge in [0.2, 0.25) is 5.91 Å². The van der Waals surface area contributed by atoms with Crippen LogP contribution in [0.2, 0.25) is 5.02 Å². The van der Waals surface area contributed by atoms with E-state index in [9.17, 15) is 4.79 Å². The monoisotopic (exact) mass is 321 g/mol. The van der Waals surface area contributed by atoms with E-state index in [0.29, 0.717) is 11.6 Å². The van der Waals surface area contributed by atoms with Crippen molar-refractivity contribution in [3.63, 3.8) is 0 Å². The van der Waals surface area contributed by atoms with E-state index in [-0.39, 0.29) is 11.9 Å². The van der Waals surface area contributed by atoms with E-state index in [0.717, 1.165) is 24.3 Å². The van der Waals surface area contributed by atoms with Gasteiger partial charge in [-0.15, -0.1) is 11.3 Å². The Bertz CT molecular complexity index is 632. The van der Waals surface area contributed by atoms with Gasteiger partial charge < -0.3 is 4.90 Å². The highest BCUT2D eigenvalue weighted by Gasteiger charge is 2.35. The van der Waals surface area contributed by atoms with Crippen LogP contribution in [-0.4, -0.2) is 35.4 Å². The lowest BCUT2D eigenvalue weighted by molar-refractivity contribution is -0.121. The predicted molar refractivity (Wildman–Crippen MR) is 85.8 cm³/mol. The van der Waals surface area contributed by atoms with Crippen molar-refractivity contribution in [3.8, 4) is 0 Å². The van der Waals surface area contributed by atoms with Gasteiger partial charge in [0, 0.05) is 29.2 Å². The van der Waals surface area contributed by atoms with Crippen molar-refractivity contribution < 1.29 is 4.79 Å². The van der Waals surface area contributed by atoms with Gasteiger partial charge in [0.05, 0.1) is 17.2 Å². The maximum atomic E-state index is 12.6. The van der Waals surface area contributed by atoms with E-state index in [1.54, 1.807) is 11.3 Å². The number of benzene rings is 1. The standard InChI is InChI=1S/C15H16ClN3OS/c1-18(8-12-9-21-10-17-12)14-5-6-19(15(14)20)13-4-2-3-11(16)7-13/h2-4,7,9-10,14H,5-6,8H2,1H3. The molecule has 2 aromatic rings. The lowest BCUT2D eigenvalue weighted by Crippen LogP contribution is -2.39. The minimum Gasteiger partial charge on any atom is -0.311 e. The molecule has 1 saturated heterocycles. The van der Waals surface area contributed by atoms with Crippen molar-refractivity contribution in [1.29, 1.82) is 0 Å². The molecule has 6 heteroatoms. The van der Waals surface area contributed by atoms with Gasteiger partial charge in [-0.3, -0.25) is 9.69 Å². The average molecular weight is 322 g/mol. The van der Waals surface area contributed by atoms with Gasteiger partial charge in [-0.05, 0) is 31.7 Å². The zero-order chi connectivity index (χ0) is 14.8. The lowest BCUT2D eigenvalue weighted by atomic mass is 10.2. The number of rotatable bonds is 4. The molecule has 21 heavy (non-hydrogen) atoms. The first kappa shape index (κ1) is 14.5. The fourth-order valence-corrected chi connectivity index (χ4v) is 3.39. The van der Waals surface area contributed by atoms with Crippen molar-refractivity contribution in [3.05, 3.63) is 45.9 Å². The summed E-state index contributed by atoms with van der Waals surface area (Å²) in [5.41, 5.74) is 3.70. The van der Waals surface area contributed by atoms with Crippen LogP contribution in [-0.2, 0) is 11.3 Å². The molecule has 2 heterocycles. The first-order valence-corrected chi connectivity index (χ1v) is 8.11. The fraction of sp³-hybridized carbons (Fsp3) is 0.333. The van der Waals surface area contributed by atoms with E-state index in [1.807, 2.05) is 47.1 Å². The van der Waals surface area contributed by atoms with Crippen molar-refractivity contribution in [2.24, 2.45) is 0 Å². The van der Waals surface area contributed by atoms with Gasteiger partial charge in [0.25, 0.3) is 0 Å². The average Bonchev–Trinajstić information content (AvgIpc) is 3.08. The molecule has 1 aliphatic heterocycles. The molecule has 3 rings (SSSR count). The SMILES string of the molecule is CN(Cc1cscn1)C1CCN(c2cccc(Cl)c2)C1=O. The number of amides is 1. The molecule has 1 aromatic heterocycles. The topological polar surface area (TPSA) is 36.4 Å². The number of carbonyl (C=O) groups is 1. The summed E-state index contributed by atoms with van der Waals surface area (Å²) in [6, 6.07) is 7.36. The van der Waals surface area contributed by atoms with Gasteiger partial charge in [-0.25, -0.2) is 4.98 Å². The molecular weight excluding hydrogens is 306 g/mol. The Kier molecular flexibility index (Phi) is 4.24. The largest absolute Gasteiger partial charge is 0.311 e. The minimum atomic E-state index is -0.0920. The molecule has 0 radical (unpaired) electrons. The molecule has 0 bridgehead atoms. The first-order chi connectivity index (χ1) is 10.1. The van der Waals surface area contributed by atoms with Crippen LogP contribution >= 0.6 is 22.9 Å². The number of anilines is 1. The molecule has 0 spiro atoms. The Morgan fingerprint density at radius 3 is 3.10 bits per heavy atom. The van der Waals surface area contributed by atoms with E-state index in [2.05, 4.69) is 9.88 Å². The van der Waals surface area contributed by atoms with Gasteiger partial charge in [0.15, 0.2) is 0 Å². The molecule has 110 valence electrons. The van der Waals surface area contributed by atoms with Crippen molar-refractivity contribution in [2.45, 2.75) is 19.0 Å². The maximum Gasteiger partial charge on any atom is 0.244 e. The summed E-state index contributed by atoms with van der Waals surface area (Å²) in [5, 5.41) is 2.67. The van der Waals surface area contributed by atoms with Crippen LogP contribution in [0.1, 0.15) is 12.1 Å². The van der Waals surface area contributed by atoms with Gasteiger partial charge in [-0.2, -0.15) is 0 Å². The Morgan fingerprint density at radius 2 is 2.38 bits per heavy atom. The van der Waals surface area contributed by atoms with E-state index >= 15 is 0 Å². The number of nitrogens with zero attached hydrogens (tertiary/aromatic N) is 3.